The molecule has 0 saturated carbocycles. The Balaban J connectivity index is 1.31. The van der Waals surface area contributed by atoms with Gasteiger partial charge in [-0.15, -0.1) is 0 Å². The molecule has 0 aliphatic carbocycles. The number of hydrogen-bond acceptors (Lipinski definition) is 3. The van der Waals surface area contributed by atoms with Crippen molar-refractivity contribution < 1.29 is 4.74 Å². The van der Waals surface area contributed by atoms with Crippen LogP contribution in [0.2, 0.25) is 0 Å². The first-order valence-electron chi connectivity index (χ1n) is 10.2. The second kappa shape index (κ2) is 9.28. The molecule has 0 spiro atoms. The molecule has 0 atom stereocenters. The molecule has 29 heavy (non-hydrogen) atoms. The van der Waals surface area contributed by atoms with E-state index in [-0.39, 0.29) is 0 Å². The maximum absolute atomic E-state index is 5.58. The van der Waals surface area contributed by atoms with Crippen LogP contribution in [0.25, 0.3) is 5.69 Å². The number of rotatable bonds is 7. The van der Waals surface area contributed by atoms with Gasteiger partial charge in [0.2, 0.25) is 0 Å². The van der Waals surface area contributed by atoms with E-state index in [9.17, 15) is 0 Å². The number of ether oxygens (including phenoxy) is 1. The Kier molecular flexibility index (Phi) is 6.10. The molecule has 2 heterocycles. The zero-order chi connectivity index (χ0) is 19.9. The van der Waals surface area contributed by atoms with Crippen LogP contribution in [0.5, 0.6) is 5.75 Å². The molecule has 0 unspecified atom stereocenters. The number of aliphatic imine (C=N–C) groups is 1. The quantitative estimate of drug-likeness (QED) is 0.481. The second-order valence-electron chi connectivity index (χ2n) is 7.03. The number of nitrogens with zero attached hydrogens (tertiary/aromatic N) is 3. The smallest absolute Gasteiger partial charge is 0.191 e. The number of fused-ring (bicyclic) bond motifs is 1. The van der Waals surface area contributed by atoms with E-state index in [2.05, 4.69) is 65.1 Å². The highest BCUT2D eigenvalue weighted by Crippen LogP contribution is 2.25. The van der Waals surface area contributed by atoms with E-state index in [1.54, 1.807) is 6.20 Å². The molecular formula is C23H27N5O. The molecule has 1 aromatic heterocycles. The van der Waals surface area contributed by atoms with E-state index in [4.69, 9.17) is 9.73 Å². The van der Waals surface area contributed by atoms with Gasteiger partial charge in [0.15, 0.2) is 5.96 Å². The van der Waals surface area contributed by atoms with Crippen LogP contribution in [0.3, 0.4) is 0 Å². The SMILES string of the molecule is CCNC(=NCc1ccc(-n2cccn2)cc1)NCCc1ccc2c(c1)CCO2. The third-order valence-electron chi connectivity index (χ3n) is 4.93. The standard InChI is InChI=1S/C23H27N5O/c1-2-24-23(25-13-10-18-6-9-22-20(16-18)11-15-29-22)26-17-19-4-7-21(8-5-19)28-14-3-12-27-28/h3-9,12,14,16H,2,10-11,13,15,17H2,1H3,(H2,24,25,26). The van der Waals surface area contributed by atoms with Crippen LogP contribution < -0.4 is 15.4 Å². The molecule has 150 valence electrons. The third kappa shape index (κ3) is 4.96. The van der Waals surface area contributed by atoms with Crippen LogP contribution in [0.1, 0.15) is 23.6 Å². The van der Waals surface area contributed by atoms with E-state index in [0.29, 0.717) is 6.54 Å². The van der Waals surface area contributed by atoms with E-state index in [1.807, 2.05) is 16.9 Å². The van der Waals surface area contributed by atoms with Gasteiger partial charge in [0.25, 0.3) is 0 Å². The topological polar surface area (TPSA) is 63.5 Å². The van der Waals surface area contributed by atoms with Gasteiger partial charge in [0, 0.05) is 31.9 Å². The van der Waals surface area contributed by atoms with Crippen LogP contribution in [0.15, 0.2) is 65.9 Å². The third-order valence-corrected chi connectivity index (χ3v) is 4.93. The lowest BCUT2D eigenvalue weighted by Gasteiger charge is -2.12. The Morgan fingerprint density at radius 3 is 2.79 bits per heavy atom. The molecule has 0 fully saturated rings. The minimum absolute atomic E-state index is 0.630. The molecule has 3 aromatic rings. The molecule has 2 N–H and O–H groups in total. The largest absolute Gasteiger partial charge is 0.493 e. The first-order valence-corrected chi connectivity index (χ1v) is 10.2. The van der Waals surface area contributed by atoms with Crippen LogP contribution in [-0.4, -0.2) is 35.4 Å². The van der Waals surface area contributed by atoms with Gasteiger partial charge >= 0.3 is 0 Å². The zero-order valence-corrected chi connectivity index (χ0v) is 16.8. The summed E-state index contributed by atoms with van der Waals surface area (Å²) in [6.07, 6.45) is 5.69. The summed E-state index contributed by atoms with van der Waals surface area (Å²) in [7, 11) is 0. The van der Waals surface area contributed by atoms with E-state index in [0.717, 1.165) is 55.5 Å². The fourth-order valence-electron chi connectivity index (χ4n) is 3.41. The molecule has 1 aliphatic rings. The van der Waals surface area contributed by atoms with Crippen LogP contribution in [0, 0.1) is 0 Å². The molecule has 4 rings (SSSR count). The molecule has 2 aromatic carbocycles. The van der Waals surface area contributed by atoms with Crippen molar-refractivity contribution in [2.45, 2.75) is 26.3 Å². The average molecular weight is 390 g/mol. The molecule has 0 amide bonds. The first-order chi connectivity index (χ1) is 14.3. The van der Waals surface area contributed by atoms with Crippen molar-refractivity contribution >= 4 is 5.96 Å². The molecular weight excluding hydrogens is 362 g/mol. The summed E-state index contributed by atoms with van der Waals surface area (Å²) >= 11 is 0. The first kappa shape index (κ1) is 19.1. The maximum atomic E-state index is 5.58. The van der Waals surface area contributed by atoms with E-state index < -0.39 is 0 Å². The summed E-state index contributed by atoms with van der Waals surface area (Å²) in [6, 6.07) is 16.7. The predicted molar refractivity (Wildman–Crippen MR) is 116 cm³/mol. The van der Waals surface area contributed by atoms with Crippen molar-refractivity contribution in [2.24, 2.45) is 4.99 Å². The van der Waals surface area contributed by atoms with Crippen molar-refractivity contribution in [3.05, 3.63) is 77.6 Å². The van der Waals surface area contributed by atoms with Gasteiger partial charge < -0.3 is 15.4 Å². The van der Waals surface area contributed by atoms with Gasteiger partial charge in [-0.1, -0.05) is 24.3 Å². The Morgan fingerprint density at radius 1 is 1.14 bits per heavy atom. The summed E-state index contributed by atoms with van der Waals surface area (Å²) in [4.78, 5) is 4.72. The van der Waals surface area contributed by atoms with Crippen molar-refractivity contribution in [1.82, 2.24) is 20.4 Å². The fourth-order valence-corrected chi connectivity index (χ4v) is 3.41. The van der Waals surface area contributed by atoms with E-state index in [1.165, 1.54) is 11.1 Å². The Bertz CT molecular complexity index is 948. The summed E-state index contributed by atoms with van der Waals surface area (Å²) in [6.45, 7) is 5.18. The zero-order valence-electron chi connectivity index (χ0n) is 16.8. The monoisotopic (exact) mass is 389 g/mol. The lowest BCUT2D eigenvalue weighted by Crippen LogP contribution is -2.38. The Labute approximate surface area is 171 Å². The average Bonchev–Trinajstić information content (AvgIpc) is 3.44. The molecule has 0 saturated heterocycles. The molecule has 0 radical (unpaired) electrons. The van der Waals surface area contributed by atoms with Gasteiger partial charge in [0.05, 0.1) is 18.8 Å². The summed E-state index contributed by atoms with van der Waals surface area (Å²) in [5.41, 5.74) is 4.86. The Morgan fingerprint density at radius 2 is 2.00 bits per heavy atom. The van der Waals surface area contributed by atoms with Crippen molar-refractivity contribution in [2.75, 3.05) is 19.7 Å². The summed E-state index contributed by atoms with van der Waals surface area (Å²) in [5.74, 6) is 1.88. The second-order valence-corrected chi connectivity index (χ2v) is 7.03. The van der Waals surface area contributed by atoms with Crippen molar-refractivity contribution in [1.29, 1.82) is 0 Å². The van der Waals surface area contributed by atoms with Gasteiger partial charge in [-0.2, -0.15) is 5.10 Å². The number of hydrogen-bond donors (Lipinski definition) is 2. The minimum Gasteiger partial charge on any atom is -0.493 e. The lowest BCUT2D eigenvalue weighted by molar-refractivity contribution is 0.357. The number of benzene rings is 2. The van der Waals surface area contributed by atoms with Crippen LogP contribution in [0.4, 0.5) is 0 Å². The highest BCUT2D eigenvalue weighted by molar-refractivity contribution is 5.79. The molecule has 0 bridgehead atoms. The minimum atomic E-state index is 0.630. The van der Waals surface area contributed by atoms with Gasteiger partial charge in [-0.25, -0.2) is 9.67 Å². The molecule has 1 aliphatic heterocycles. The molecule has 6 nitrogen and oxygen atoms in total. The van der Waals surface area contributed by atoms with Crippen molar-refractivity contribution in [3.63, 3.8) is 0 Å². The molecule has 6 heteroatoms. The summed E-state index contributed by atoms with van der Waals surface area (Å²) < 4.78 is 7.43. The predicted octanol–water partition coefficient (Wildman–Crippen LogP) is 3.11. The highest BCUT2D eigenvalue weighted by atomic mass is 16.5. The van der Waals surface area contributed by atoms with Crippen molar-refractivity contribution in [3.8, 4) is 11.4 Å². The number of nitrogens with one attached hydrogen (secondary N) is 2. The fraction of sp³-hybridized carbons (Fsp3) is 0.304. The Hall–Kier alpha value is -3.28. The van der Waals surface area contributed by atoms with Gasteiger partial charge in [-0.3, -0.25) is 0 Å². The maximum Gasteiger partial charge on any atom is 0.191 e. The van der Waals surface area contributed by atoms with Gasteiger partial charge in [-0.05, 0) is 54.3 Å². The van der Waals surface area contributed by atoms with Crippen LogP contribution in [-0.2, 0) is 19.4 Å². The summed E-state index contributed by atoms with van der Waals surface area (Å²) in [5, 5.41) is 11.0. The van der Waals surface area contributed by atoms with Gasteiger partial charge in [0.1, 0.15) is 5.75 Å². The van der Waals surface area contributed by atoms with E-state index >= 15 is 0 Å². The number of guanidine groups is 1. The highest BCUT2D eigenvalue weighted by Gasteiger charge is 2.11. The lowest BCUT2D eigenvalue weighted by atomic mass is 10.1. The van der Waals surface area contributed by atoms with Crippen LogP contribution >= 0.6 is 0 Å². The normalized spacial score (nSPS) is 13.1. The number of aromatic nitrogens is 2.